The van der Waals surface area contributed by atoms with Gasteiger partial charge in [-0.25, -0.2) is 9.78 Å². The van der Waals surface area contributed by atoms with E-state index in [-0.39, 0.29) is 35.6 Å². The highest BCUT2D eigenvalue weighted by molar-refractivity contribution is 5.82. The number of aromatic nitrogens is 3. The summed E-state index contributed by atoms with van der Waals surface area (Å²) in [5, 5.41) is 9.73. The van der Waals surface area contributed by atoms with Crippen LogP contribution in [0.4, 0.5) is 18.0 Å². The van der Waals surface area contributed by atoms with Gasteiger partial charge in [0.1, 0.15) is 11.4 Å². The molecule has 0 unspecified atom stereocenters. The maximum atomic E-state index is 13.1. The Morgan fingerprint density at radius 2 is 1.53 bits per heavy atom. The van der Waals surface area contributed by atoms with Crippen LogP contribution >= 0.6 is 0 Å². The van der Waals surface area contributed by atoms with Crippen LogP contribution in [0.3, 0.4) is 0 Å². The number of urea groups is 1. The Morgan fingerprint density at radius 1 is 0.941 bits per heavy atom. The number of hydrogen-bond acceptors (Lipinski definition) is 4. The average molecular weight is 479 g/mol. The van der Waals surface area contributed by atoms with Gasteiger partial charge in [0.25, 0.3) is 0 Å². The minimum absolute atomic E-state index is 0.0276. The molecule has 2 saturated heterocycles. The van der Waals surface area contributed by atoms with Crippen LogP contribution in [-0.2, 0) is 4.79 Å². The standard InChI is InChI=1S/C23H29F3N6O2/c24-23(25,26)22(3-4-22)28-18(33)15-7-21(8-15)11-32(12-21)19(34)31-9-20(10-31)5-14(6-20)17-27-16(29-30-17)13-1-2-13/h13-15H,1-12H2,(H,28,33)(H,27,29,30). The molecular weight excluding hydrogens is 449 g/mol. The number of aromatic amines is 1. The first kappa shape index (κ1) is 21.0. The molecule has 34 heavy (non-hydrogen) atoms. The number of nitrogens with zero attached hydrogens (tertiary/aromatic N) is 4. The van der Waals surface area contributed by atoms with E-state index in [9.17, 15) is 22.8 Å². The average Bonchev–Trinajstić information content (AvgIpc) is 3.56. The molecule has 7 rings (SSSR count). The van der Waals surface area contributed by atoms with Crippen molar-refractivity contribution in [1.29, 1.82) is 0 Å². The van der Waals surface area contributed by atoms with Gasteiger partial charge in [-0.15, -0.1) is 0 Å². The fourth-order valence-electron chi connectivity index (χ4n) is 6.81. The maximum absolute atomic E-state index is 13.1. The minimum Gasteiger partial charge on any atom is -0.342 e. The van der Waals surface area contributed by atoms with Crippen molar-refractivity contribution < 1.29 is 22.8 Å². The van der Waals surface area contributed by atoms with Gasteiger partial charge in [0.2, 0.25) is 5.91 Å². The summed E-state index contributed by atoms with van der Waals surface area (Å²) >= 11 is 0. The Hall–Kier alpha value is -2.33. The highest BCUT2D eigenvalue weighted by Gasteiger charge is 2.66. The van der Waals surface area contributed by atoms with Gasteiger partial charge >= 0.3 is 12.2 Å². The van der Waals surface area contributed by atoms with Crippen molar-refractivity contribution in [2.75, 3.05) is 26.2 Å². The minimum atomic E-state index is -4.38. The molecule has 2 N–H and O–H groups in total. The highest BCUT2D eigenvalue weighted by atomic mass is 19.4. The summed E-state index contributed by atoms with van der Waals surface area (Å²) < 4.78 is 39.2. The third-order valence-electron chi connectivity index (χ3n) is 9.24. The molecule has 3 heterocycles. The number of carbonyl (C=O) groups excluding carboxylic acids is 2. The number of halogens is 3. The van der Waals surface area contributed by atoms with Gasteiger partial charge in [0.05, 0.1) is 0 Å². The van der Waals surface area contributed by atoms with Crippen LogP contribution in [0.15, 0.2) is 0 Å². The Morgan fingerprint density at radius 3 is 2.06 bits per heavy atom. The monoisotopic (exact) mass is 478 g/mol. The molecular formula is C23H29F3N6O2. The normalized spacial score (nSPS) is 28.7. The Kier molecular flexibility index (Phi) is 3.99. The van der Waals surface area contributed by atoms with Crippen LogP contribution in [0.2, 0.25) is 0 Å². The van der Waals surface area contributed by atoms with E-state index in [4.69, 9.17) is 0 Å². The molecule has 8 nitrogen and oxygen atoms in total. The first-order valence-corrected chi connectivity index (χ1v) is 12.4. The number of H-pyrrole nitrogens is 1. The molecule has 4 saturated carbocycles. The zero-order chi connectivity index (χ0) is 23.5. The zero-order valence-corrected chi connectivity index (χ0v) is 19.0. The molecule has 2 spiro atoms. The zero-order valence-electron chi connectivity index (χ0n) is 19.0. The lowest BCUT2D eigenvalue weighted by Gasteiger charge is -2.63. The van der Waals surface area contributed by atoms with Gasteiger partial charge in [-0.2, -0.15) is 18.3 Å². The first-order chi connectivity index (χ1) is 16.1. The van der Waals surface area contributed by atoms with E-state index in [1.165, 1.54) is 12.8 Å². The van der Waals surface area contributed by atoms with E-state index in [2.05, 4.69) is 20.5 Å². The summed E-state index contributed by atoms with van der Waals surface area (Å²) in [6, 6.07) is 0.0514. The Labute approximate surface area is 195 Å². The van der Waals surface area contributed by atoms with Crippen molar-refractivity contribution in [3.63, 3.8) is 0 Å². The molecule has 184 valence electrons. The molecule has 4 aliphatic carbocycles. The van der Waals surface area contributed by atoms with Crippen molar-refractivity contribution in [3.8, 4) is 0 Å². The van der Waals surface area contributed by atoms with Gasteiger partial charge in [-0.1, -0.05) is 0 Å². The van der Waals surface area contributed by atoms with Crippen molar-refractivity contribution in [1.82, 2.24) is 30.3 Å². The smallest absolute Gasteiger partial charge is 0.342 e. The van der Waals surface area contributed by atoms with Gasteiger partial charge in [0.15, 0.2) is 5.82 Å². The second-order valence-corrected chi connectivity index (χ2v) is 12.1. The molecule has 6 fully saturated rings. The summed E-state index contributed by atoms with van der Waals surface area (Å²) in [5.41, 5.74) is -1.86. The van der Waals surface area contributed by atoms with Crippen LogP contribution < -0.4 is 5.32 Å². The second-order valence-electron chi connectivity index (χ2n) is 12.1. The number of hydrogen-bond donors (Lipinski definition) is 2. The largest absolute Gasteiger partial charge is 0.411 e. The molecule has 1 aromatic rings. The van der Waals surface area contributed by atoms with Gasteiger partial charge in [-0.3, -0.25) is 9.89 Å². The number of alkyl halides is 3. The molecule has 1 aromatic heterocycles. The van der Waals surface area contributed by atoms with Crippen molar-refractivity contribution in [3.05, 3.63) is 11.6 Å². The molecule has 3 amide bonds. The molecule has 2 aliphatic heterocycles. The van der Waals surface area contributed by atoms with Crippen molar-refractivity contribution >= 4 is 11.9 Å². The van der Waals surface area contributed by atoms with Crippen LogP contribution in [0.1, 0.15) is 74.9 Å². The van der Waals surface area contributed by atoms with E-state index in [1.807, 2.05) is 9.80 Å². The van der Waals surface area contributed by atoms with Crippen LogP contribution in [0.5, 0.6) is 0 Å². The van der Waals surface area contributed by atoms with Gasteiger partial charge < -0.3 is 15.1 Å². The van der Waals surface area contributed by atoms with Crippen LogP contribution in [0.25, 0.3) is 0 Å². The second kappa shape index (κ2) is 6.46. The molecule has 0 aromatic carbocycles. The number of nitrogens with one attached hydrogen (secondary N) is 2. The van der Waals surface area contributed by atoms with E-state index in [0.717, 1.165) is 37.6 Å². The lowest BCUT2D eigenvalue weighted by Crippen LogP contribution is -2.71. The number of rotatable bonds is 4. The number of amides is 3. The fourth-order valence-corrected chi connectivity index (χ4v) is 6.81. The Bertz CT molecular complexity index is 1030. The van der Waals surface area contributed by atoms with Crippen LogP contribution in [-0.4, -0.2) is 74.8 Å². The molecule has 6 aliphatic rings. The summed E-state index contributed by atoms with van der Waals surface area (Å²) in [4.78, 5) is 33.5. The summed E-state index contributed by atoms with van der Waals surface area (Å²) in [5.74, 6) is 2.06. The first-order valence-electron chi connectivity index (χ1n) is 12.4. The highest BCUT2D eigenvalue weighted by Crippen LogP contribution is 2.57. The molecule has 0 radical (unpaired) electrons. The fraction of sp³-hybridized carbons (Fsp3) is 0.826. The molecule has 0 atom stereocenters. The van der Waals surface area contributed by atoms with E-state index in [0.29, 0.717) is 37.8 Å². The third-order valence-corrected chi connectivity index (χ3v) is 9.24. The van der Waals surface area contributed by atoms with E-state index in [1.54, 1.807) is 0 Å². The lowest BCUT2D eigenvalue weighted by molar-refractivity contribution is -0.175. The summed E-state index contributed by atoms with van der Waals surface area (Å²) in [6.07, 6.45) is 1.16. The predicted molar refractivity (Wildman–Crippen MR) is 113 cm³/mol. The van der Waals surface area contributed by atoms with E-state index >= 15 is 0 Å². The SMILES string of the molecule is O=C(NC1(C(F)(F)F)CC1)C1CC2(C1)CN(C(=O)N1CC3(CC(c4n[nH]c(C5CC5)n4)C3)C1)C2. The van der Waals surface area contributed by atoms with E-state index < -0.39 is 17.6 Å². The Balaban J connectivity index is 0.846. The van der Waals surface area contributed by atoms with Crippen molar-refractivity contribution in [2.45, 2.75) is 74.9 Å². The summed E-state index contributed by atoms with van der Waals surface area (Å²) in [7, 11) is 0. The number of carbonyl (C=O) groups is 2. The quantitative estimate of drug-likeness (QED) is 0.696. The van der Waals surface area contributed by atoms with Gasteiger partial charge in [0, 0.05) is 54.8 Å². The molecule has 0 bridgehead atoms. The number of likely N-dealkylation sites (tertiary alicyclic amines) is 2. The molecule has 11 heteroatoms. The predicted octanol–water partition coefficient (Wildman–Crippen LogP) is 2.90. The summed E-state index contributed by atoms with van der Waals surface area (Å²) in [6.45, 7) is 2.76. The lowest BCUT2D eigenvalue weighted by atomic mass is 9.56. The van der Waals surface area contributed by atoms with Crippen LogP contribution in [0, 0.1) is 16.7 Å². The maximum Gasteiger partial charge on any atom is 0.411 e. The van der Waals surface area contributed by atoms with Gasteiger partial charge in [-0.05, 0) is 51.4 Å². The third kappa shape index (κ3) is 3.10. The van der Waals surface area contributed by atoms with Crippen molar-refractivity contribution in [2.24, 2.45) is 16.7 Å². The topological polar surface area (TPSA) is 94.2 Å².